The van der Waals surface area contributed by atoms with Crippen LogP contribution in [-0.2, 0) is 23.9 Å². The lowest BCUT2D eigenvalue weighted by Gasteiger charge is -2.09. The van der Waals surface area contributed by atoms with Gasteiger partial charge in [-0.2, -0.15) is 0 Å². The topological polar surface area (TPSA) is 128 Å². The molecule has 0 saturated carbocycles. The number of amides is 2. The molecular formula is C24H26N2O7. The Labute approximate surface area is 191 Å². The molecule has 9 heteroatoms. The Morgan fingerprint density at radius 1 is 0.758 bits per heavy atom. The largest absolute Gasteiger partial charge is 0.459 e. The number of carbonyl (C=O) groups excluding carboxylic acids is 5. The maximum Gasteiger partial charge on any atom is 0.338 e. The Hall–Kier alpha value is -4.01. The minimum Gasteiger partial charge on any atom is -0.459 e. The second kappa shape index (κ2) is 12.1. The third-order valence-corrected chi connectivity index (χ3v) is 4.24. The van der Waals surface area contributed by atoms with Gasteiger partial charge in [0.15, 0.2) is 12.4 Å². The predicted molar refractivity (Wildman–Crippen MR) is 121 cm³/mol. The van der Waals surface area contributed by atoms with Crippen LogP contribution in [0.2, 0.25) is 0 Å². The van der Waals surface area contributed by atoms with Crippen LogP contribution < -0.4 is 10.6 Å². The Morgan fingerprint density at radius 3 is 1.79 bits per heavy atom. The van der Waals surface area contributed by atoms with E-state index in [-0.39, 0.29) is 24.7 Å². The van der Waals surface area contributed by atoms with Crippen LogP contribution in [0.25, 0.3) is 0 Å². The monoisotopic (exact) mass is 454 g/mol. The number of Topliss-reactive ketones (excluding diaryl/α,β-unsaturated/α-hetero) is 1. The van der Waals surface area contributed by atoms with E-state index in [2.05, 4.69) is 10.6 Å². The summed E-state index contributed by atoms with van der Waals surface area (Å²) in [6.45, 7) is 4.44. The summed E-state index contributed by atoms with van der Waals surface area (Å²) in [5, 5.41) is 5.16. The summed E-state index contributed by atoms with van der Waals surface area (Å²) in [6, 6.07) is 12.5. The Bertz CT molecular complexity index is 1010. The molecule has 0 atom stereocenters. The molecule has 0 spiro atoms. The molecule has 174 valence electrons. The second-order valence-corrected chi connectivity index (χ2v) is 7.42. The smallest absolute Gasteiger partial charge is 0.338 e. The van der Waals surface area contributed by atoms with Gasteiger partial charge in [-0.05, 0) is 69.3 Å². The Balaban J connectivity index is 1.70. The molecule has 2 aromatic rings. The minimum absolute atomic E-state index is 0.0887. The van der Waals surface area contributed by atoms with Gasteiger partial charge in [-0.25, -0.2) is 4.79 Å². The third kappa shape index (κ3) is 8.94. The van der Waals surface area contributed by atoms with E-state index in [1.165, 1.54) is 19.1 Å². The van der Waals surface area contributed by atoms with Gasteiger partial charge < -0.3 is 20.1 Å². The molecule has 0 unspecified atom stereocenters. The average Bonchev–Trinajstić information content (AvgIpc) is 2.76. The summed E-state index contributed by atoms with van der Waals surface area (Å²) in [6.07, 6.45) is -0.572. The number of benzene rings is 2. The van der Waals surface area contributed by atoms with Crippen molar-refractivity contribution in [2.45, 2.75) is 39.7 Å². The number of ketones is 1. The van der Waals surface area contributed by atoms with Crippen molar-refractivity contribution in [3.8, 4) is 0 Å². The van der Waals surface area contributed by atoms with Crippen LogP contribution in [0, 0.1) is 0 Å². The molecule has 0 radical (unpaired) electrons. The maximum absolute atomic E-state index is 12.0. The van der Waals surface area contributed by atoms with Crippen LogP contribution in [0.15, 0.2) is 48.5 Å². The van der Waals surface area contributed by atoms with Crippen molar-refractivity contribution in [3.05, 3.63) is 59.7 Å². The fourth-order valence-corrected chi connectivity index (χ4v) is 2.61. The van der Waals surface area contributed by atoms with E-state index < -0.39 is 30.4 Å². The zero-order valence-corrected chi connectivity index (χ0v) is 18.7. The fraction of sp³-hybridized carbons (Fsp3) is 0.292. The highest BCUT2D eigenvalue weighted by atomic mass is 16.5. The molecule has 0 fully saturated rings. The van der Waals surface area contributed by atoms with E-state index in [4.69, 9.17) is 9.47 Å². The van der Waals surface area contributed by atoms with E-state index in [1.807, 2.05) is 0 Å². The number of carbonyl (C=O) groups is 5. The maximum atomic E-state index is 12.0. The lowest BCUT2D eigenvalue weighted by atomic mass is 10.1. The lowest BCUT2D eigenvalue weighted by Crippen LogP contribution is -2.21. The molecule has 0 heterocycles. The molecule has 33 heavy (non-hydrogen) atoms. The molecule has 0 aliphatic heterocycles. The summed E-state index contributed by atoms with van der Waals surface area (Å²) in [5.41, 5.74) is 1.80. The van der Waals surface area contributed by atoms with Crippen molar-refractivity contribution >= 4 is 40.9 Å². The summed E-state index contributed by atoms with van der Waals surface area (Å²) >= 11 is 0. The van der Waals surface area contributed by atoms with E-state index in [9.17, 15) is 24.0 Å². The number of anilines is 2. The molecule has 2 aromatic carbocycles. The number of ether oxygens (including phenoxy) is 2. The first-order chi connectivity index (χ1) is 15.6. The van der Waals surface area contributed by atoms with Crippen LogP contribution in [0.5, 0.6) is 0 Å². The molecule has 0 aromatic heterocycles. The summed E-state index contributed by atoms with van der Waals surface area (Å²) in [5.74, 6) is -2.20. The van der Waals surface area contributed by atoms with Gasteiger partial charge in [0.2, 0.25) is 5.91 Å². The molecule has 9 nitrogen and oxygen atoms in total. The van der Waals surface area contributed by atoms with Crippen LogP contribution in [0.1, 0.15) is 54.3 Å². The van der Waals surface area contributed by atoms with Crippen LogP contribution >= 0.6 is 0 Å². The van der Waals surface area contributed by atoms with Gasteiger partial charge in [-0.15, -0.1) is 0 Å². The molecule has 0 aliphatic rings. The zero-order valence-electron chi connectivity index (χ0n) is 18.7. The van der Waals surface area contributed by atoms with Gasteiger partial charge in [0.05, 0.1) is 18.1 Å². The summed E-state index contributed by atoms with van der Waals surface area (Å²) in [7, 11) is 0. The van der Waals surface area contributed by atoms with Crippen molar-refractivity contribution in [3.63, 3.8) is 0 Å². The SMILES string of the molecule is CC(=O)c1ccc(NC(=O)COC(=O)CCC(=O)Nc2ccc(C(=O)OC(C)C)cc2)cc1. The van der Waals surface area contributed by atoms with Crippen molar-refractivity contribution in [2.75, 3.05) is 17.2 Å². The predicted octanol–water partition coefficient (Wildman–Crippen LogP) is 3.36. The van der Waals surface area contributed by atoms with Crippen LogP contribution in [0.3, 0.4) is 0 Å². The number of esters is 2. The summed E-state index contributed by atoms with van der Waals surface area (Å²) in [4.78, 5) is 58.8. The van der Waals surface area contributed by atoms with E-state index in [0.29, 0.717) is 22.5 Å². The Morgan fingerprint density at radius 2 is 1.27 bits per heavy atom. The van der Waals surface area contributed by atoms with E-state index in [1.54, 1.807) is 50.2 Å². The van der Waals surface area contributed by atoms with Crippen molar-refractivity contribution in [2.24, 2.45) is 0 Å². The zero-order chi connectivity index (χ0) is 24.4. The molecule has 2 amide bonds. The highest BCUT2D eigenvalue weighted by molar-refractivity contribution is 5.97. The van der Waals surface area contributed by atoms with Crippen LogP contribution in [0.4, 0.5) is 11.4 Å². The molecule has 2 N–H and O–H groups in total. The lowest BCUT2D eigenvalue weighted by molar-refractivity contribution is -0.147. The average molecular weight is 454 g/mol. The highest BCUT2D eigenvalue weighted by Crippen LogP contribution is 2.13. The van der Waals surface area contributed by atoms with Gasteiger partial charge in [-0.1, -0.05) is 0 Å². The van der Waals surface area contributed by atoms with E-state index in [0.717, 1.165) is 0 Å². The normalized spacial score (nSPS) is 10.3. The molecule has 0 bridgehead atoms. The van der Waals surface area contributed by atoms with Gasteiger partial charge in [0, 0.05) is 23.4 Å². The van der Waals surface area contributed by atoms with E-state index >= 15 is 0 Å². The number of nitrogens with one attached hydrogen (secondary N) is 2. The molecule has 2 rings (SSSR count). The van der Waals surface area contributed by atoms with Gasteiger partial charge in [0.25, 0.3) is 5.91 Å². The fourth-order valence-electron chi connectivity index (χ4n) is 2.61. The minimum atomic E-state index is -0.695. The van der Waals surface area contributed by atoms with Crippen molar-refractivity contribution < 1.29 is 33.4 Å². The van der Waals surface area contributed by atoms with Crippen molar-refractivity contribution in [1.82, 2.24) is 0 Å². The Kier molecular flexibility index (Phi) is 9.29. The van der Waals surface area contributed by atoms with Gasteiger partial charge in [-0.3, -0.25) is 19.2 Å². The molecular weight excluding hydrogens is 428 g/mol. The standard InChI is InChI=1S/C24H26N2O7/c1-15(2)33-24(31)18-6-10-19(11-7-18)25-21(28)12-13-23(30)32-14-22(29)26-20-8-4-17(5-9-20)16(3)27/h4-11,15H,12-14H2,1-3H3,(H,25,28)(H,26,29). The second-order valence-electron chi connectivity index (χ2n) is 7.42. The first-order valence-corrected chi connectivity index (χ1v) is 10.3. The highest BCUT2D eigenvalue weighted by Gasteiger charge is 2.12. The first-order valence-electron chi connectivity index (χ1n) is 10.3. The number of rotatable bonds is 10. The first kappa shape index (κ1) is 25.3. The number of hydrogen-bond acceptors (Lipinski definition) is 7. The van der Waals surface area contributed by atoms with Gasteiger partial charge in [0.1, 0.15) is 0 Å². The quantitative estimate of drug-likeness (QED) is 0.416. The number of hydrogen-bond donors (Lipinski definition) is 2. The summed E-state index contributed by atoms with van der Waals surface area (Å²) < 4.78 is 9.97. The molecule has 0 saturated heterocycles. The van der Waals surface area contributed by atoms with Crippen LogP contribution in [-0.4, -0.2) is 42.2 Å². The van der Waals surface area contributed by atoms with Crippen molar-refractivity contribution in [1.29, 1.82) is 0 Å². The third-order valence-electron chi connectivity index (χ3n) is 4.24. The molecule has 0 aliphatic carbocycles. The van der Waals surface area contributed by atoms with Gasteiger partial charge >= 0.3 is 11.9 Å².